The van der Waals surface area contributed by atoms with Crippen molar-refractivity contribution in [1.82, 2.24) is 4.72 Å². The van der Waals surface area contributed by atoms with E-state index in [1.165, 1.54) is 0 Å². The van der Waals surface area contributed by atoms with Crippen molar-refractivity contribution in [2.24, 2.45) is 5.92 Å². The molecular formula is C9H18BrNO4S2. The number of rotatable bonds is 6. The van der Waals surface area contributed by atoms with Gasteiger partial charge in [-0.25, -0.2) is 21.6 Å². The smallest absolute Gasteiger partial charge is 0.212 e. The third kappa shape index (κ3) is 6.73. The van der Waals surface area contributed by atoms with Gasteiger partial charge < -0.3 is 0 Å². The fraction of sp³-hybridized carbons (Fsp3) is 1.00. The van der Waals surface area contributed by atoms with E-state index in [-0.39, 0.29) is 11.5 Å². The van der Waals surface area contributed by atoms with Gasteiger partial charge in [-0.1, -0.05) is 15.9 Å². The number of nitrogens with one attached hydrogen (secondary N) is 1. The van der Waals surface area contributed by atoms with Crippen molar-refractivity contribution in [1.29, 1.82) is 0 Å². The summed E-state index contributed by atoms with van der Waals surface area (Å²) in [6.45, 7) is 0.411. The van der Waals surface area contributed by atoms with Gasteiger partial charge in [-0.2, -0.15) is 0 Å². The number of sulfone groups is 1. The predicted molar refractivity (Wildman–Crippen MR) is 71.6 cm³/mol. The van der Waals surface area contributed by atoms with Gasteiger partial charge in [-0.15, -0.1) is 0 Å². The maximum atomic E-state index is 11.5. The Kier molecular flexibility index (Phi) is 5.42. The van der Waals surface area contributed by atoms with Crippen molar-refractivity contribution >= 4 is 35.8 Å². The summed E-state index contributed by atoms with van der Waals surface area (Å²) < 4.78 is 47.3. The fourth-order valence-electron chi connectivity index (χ4n) is 1.78. The Balaban J connectivity index is 2.35. The summed E-state index contributed by atoms with van der Waals surface area (Å²) in [5.74, 6) is -0.322. The number of alkyl halides is 1. The van der Waals surface area contributed by atoms with Crippen LogP contribution in [0.5, 0.6) is 0 Å². The molecule has 0 aromatic carbocycles. The molecule has 17 heavy (non-hydrogen) atoms. The monoisotopic (exact) mass is 347 g/mol. The Bertz CT molecular complexity index is 446. The lowest BCUT2D eigenvalue weighted by Crippen LogP contribution is -2.32. The molecule has 0 spiro atoms. The summed E-state index contributed by atoms with van der Waals surface area (Å²) in [6.07, 6.45) is 4.07. The highest BCUT2D eigenvalue weighted by molar-refractivity contribution is 9.09. The molecule has 8 heteroatoms. The van der Waals surface area contributed by atoms with Crippen LogP contribution in [0.4, 0.5) is 0 Å². The maximum Gasteiger partial charge on any atom is 0.212 e. The predicted octanol–water partition coefficient (Wildman–Crippen LogP) is 0.514. The summed E-state index contributed by atoms with van der Waals surface area (Å²) in [6, 6.07) is 0. The molecule has 0 saturated heterocycles. The van der Waals surface area contributed by atoms with E-state index in [4.69, 9.17) is 0 Å². The molecule has 5 nitrogen and oxygen atoms in total. The van der Waals surface area contributed by atoms with E-state index in [1.54, 1.807) is 0 Å². The van der Waals surface area contributed by atoms with Gasteiger partial charge >= 0.3 is 0 Å². The Labute approximate surface area is 111 Å². The van der Waals surface area contributed by atoms with Crippen LogP contribution in [0.15, 0.2) is 0 Å². The first-order valence-electron chi connectivity index (χ1n) is 5.47. The quantitative estimate of drug-likeness (QED) is 0.710. The van der Waals surface area contributed by atoms with Gasteiger partial charge in [-0.3, -0.25) is 0 Å². The topological polar surface area (TPSA) is 80.3 Å². The average Bonchev–Trinajstić information content (AvgIpc) is 2.58. The van der Waals surface area contributed by atoms with E-state index in [1.807, 2.05) is 0 Å². The van der Waals surface area contributed by atoms with Gasteiger partial charge in [0.1, 0.15) is 9.84 Å². The molecule has 1 saturated carbocycles. The molecule has 0 bridgehead atoms. The highest BCUT2D eigenvalue weighted by Crippen LogP contribution is 2.30. The van der Waals surface area contributed by atoms with Crippen LogP contribution < -0.4 is 4.72 Å². The second-order valence-corrected chi connectivity index (χ2v) is 10.1. The standard InChI is InChI=1S/C9H18BrNO4S2/c1-16(12,13)4-5-17(14,15)11-7-8-2-3-9(10)6-8/h8-9,11H,2-7H2,1H3. The number of hydrogen-bond donors (Lipinski definition) is 1. The summed E-state index contributed by atoms with van der Waals surface area (Å²) >= 11 is 3.50. The zero-order valence-corrected chi connectivity index (χ0v) is 12.9. The van der Waals surface area contributed by atoms with Crippen LogP contribution in [0.2, 0.25) is 0 Å². The van der Waals surface area contributed by atoms with E-state index >= 15 is 0 Å². The summed E-state index contributed by atoms with van der Waals surface area (Å²) in [5.41, 5.74) is 0. The first-order chi connectivity index (χ1) is 7.68. The fourth-order valence-corrected chi connectivity index (χ4v) is 5.29. The molecule has 1 N–H and O–H groups in total. The summed E-state index contributed by atoms with van der Waals surface area (Å²) in [4.78, 5) is 0.480. The molecule has 0 aromatic heterocycles. The van der Waals surface area contributed by atoms with E-state index in [9.17, 15) is 16.8 Å². The summed E-state index contributed by atoms with van der Waals surface area (Å²) in [5, 5.41) is 0. The van der Waals surface area contributed by atoms with Crippen molar-refractivity contribution in [3.05, 3.63) is 0 Å². The molecule has 0 heterocycles. The molecule has 0 aliphatic heterocycles. The summed E-state index contributed by atoms with van der Waals surface area (Å²) in [7, 11) is -6.69. The zero-order chi connectivity index (χ0) is 13.1. The molecule has 1 aliphatic rings. The van der Waals surface area contributed by atoms with Crippen LogP contribution >= 0.6 is 15.9 Å². The van der Waals surface area contributed by atoms with Crippen LogP contribution in [-0.2, 0) is 19.9 Å². The molecule has 0 radical (unpaired) electrons. The van der Waals surface area contributed by atoms with Gasteiger partial charge in [0.2, 0.25) is 10.0 Å². The first kappa shape index (κ1) is 15.4. The lowest BCUT2D eigenvalue weighted by molar-refractivity contribution is 0.521. The van der Waals surface area contributed by atoms with Gasteiger partial charge in [0.05, 0.1) is 11.5 Å². The lowest BCUT2D eigenvalue weighted by atomic mass is 10.1. The SMILES string of the molecule is CS(=O)(=O)CCS(=O)(=O)NCC1CCC(Br)C1. The molecule has 1 fully saturated rings. The largest absolute Gasteiger partial charge is 0.229 e. The normalized spacial score (nSPS) is 26.2. The third-order valence-corrected chi connectivity index (χ3v) is 6.18. The van der Waals surface area contributed by atoms with E-state index in [2.05, 4.69) is 20.7 Å². The van der Waals surface area contributed by atoms with Crippen LogP contribution in [0.3, 0.4) is 0 Å². The van der Waals surface area contributed by atoms with Crippen molar-refractivity contribution in [2.45, 2.75) is 24.1 Å². The van der Waals surface area contributed by atoms with Gasteiger partial charge in [0.25, 0.3) is 0 Å². The second kappa shape index (κ2) is 5.99. The van der Waals surface area contributed by atoms with Gasteiger partial charge in [-0.05, 0) is 25.2 Å². The number of hydrogen-bond acceptors (Lipinski definition) is 4. The Hall–Kier alpha value is 0.340. The van der Waals surface area contributed by atoms with Crippen LogP contribution in [-0.4, -0.2) is 46.0 Å². The van der Waals surface area contributed by atoms with Crippen molar-refractivity contribution in [2.75, 3.05) is 24.3 Å². The maximum absolute atomic E-state index is 11.5. The highest BCUT2D eigenvalue weighted by Gasteiger charge is 2.24. The molecular weight excluding hydrogens is 330 g/mol. The molecule has 0 aromatic rings. The number of sulfonamides is 1. The Morgan fingerprint density at radius 1 is 1.18 bits per heavy atom. The van der Waals surface area contributed by atoms with Crippen molar-refractivity contribution in [3.8, 4) is 0 Å². The Morgan fingerprint density at radius 3 is 2.29 bits per heavy atom. The van der Waals surface area contributed by atoms with Crippen molar-refractivity contribution in [3.63, 3.8) is 0 Å². The minimum absolute atomic E-state index is 0.325. The molecule has 2 unspecified atom stereocenters. The van der Waals surface area contributed by atoms with Crippen LogP contribution in [0, 0.1) is 5.92 Å². The van der Waals surface area contributed by atoms with E-state index in [0.29, 0.717) is 17.3 Å². The van der Waals surface area contributed by atoms with Crippen LogP contribution in [0.1, 0.15) is 19.3 Å². The molecule has 1 rings (SSSR count). The van der Waals surface area contributed by atoms with Gasteiger partial charge in [0.15, 0.2) is 0 Å². The molecule has 102 valence electrons. The Morgan fingerprint density at radius 2 is 1.82 bits per heavy atom. The zero-order valence-electron chi connectivity index (χ0n) is 9.72. The molecule has 1 aliphatic carbocycles. The second-order valence-electron chi connectivity index (χ2n) is 4.57. The highest BCUT2D eigenvalue weighted by atomic mass is 79.9. The number of halogens is 1. The van der Waals surface area contributed by atoms with Crippen LogP contribution in [0.25, 0.3) is 0 Å². The minimum Gasteiger partial charge on any atom is -0.229 e. The van der Waals surface area contributed by atoms with Crippen molar-refractivity contribution < 1.29 is 16.8 Å². The third-order valence-electron chi connectivity index (χ3n) is 2.79. The molecule has 2 atom stereocenters. The van der Waals surface area contributed by atoms with E-state index < -0.39 is 19.9 Å². The first-order valence-corrected chi connectivity index (χ1v) is 10.1. The van der Waals surface area contributed by atoms with E-state index in [0.717, 1.165) is 25.5 Å². The lowest BCUT2D eigenvalue weighted by Gasteiger charge is -2.11. The van der Waals surface area contributed by atoms with Gasteiger partial charge in [0, 0.05) is 17.6 Å². The average molecular weight is 348 g/mol. The minimum atomic E-state index is -3.46. The molecule has 0 amide bonds.